The number of ether oxygens (including phenoxy) is 1. The van der Waals surface area contributed by atoms with E-state index < -0.39 is 5.97 Å². The average Bonchev–Trinajstić information content (AvgIpc) is 2.51. The van der Waals surface area contributed by atoms with E-state index in [2.05, 4.69) is 5.32 Å². The normalized spacial score (nSPS) is 21.3. The number of hydrogen-bond donors (Lipinski definition) is 3. The minimum absolute atomic E-state index is 0.0202. The van der Waals surface area contributed by atoms with Gasteiger partial charge in [-0.2, -0.15) is 0 Å². The second kappa shape index (κ2) is 7.72. The number of rotatable bonds is 5. The standard InChI is InChI=1S/C16H22ClN3O4/c1-9-7-20(8-15(21)22)4-3-13(9)19-16(23)10-5-11(17)12(18)6-14(10)24-2/h5-6,9,13H,3-4,7-8,18H2,1-2H3,(H,19,23)(H,21,22)/t9-,13-/m1/s1. The van der Waals surface area contributed by atoms with E-state index in [1.54, 1.807) is 0 Å². The molecule has 2 atom stereocenters. The fraction of sp³-hybridized carbons (Fsp3) is 0.500. The fourth-order valence-corrected chi connectivity index (χ4v) is 3.11. The zero-order valence-corrected chi connectivity index (χ0v) is 14.5. The molecule has 1 aliphatic heterocycles. The number of nitrogens with two attached hydrogens (primary N) is 1. The number of carboxylic acids is 1. The first-order valence-electron chi connectivity index (χ1n) is 7.69. The van der Waals surface area contributed by atoms with E-state index in [1.807, 2.05) is 11.8 Å². The van der Waals surface area contributed by atoms with E-state index in [1.165, 1.54) is 19.2 Å². The smallest absolute Gasteiger partial charge is 0.317 e. The molecule has 132 valence electrons. The zero-order chi connectivity index (χ0) is 17.9. The van der Waals surface area contributed by atoms with Crippen molar-refractivity contribution in [2.45, 2.75) is 19.4 Å². The summed E-state index contributed by atoms with van der Waals surface area (Å²) in [5, 5.41) is 12.2. The van der Waals surface area contributed by atoms with Gasteiger partial charge in [0, 0.05) is 25.2 Å². The number of anilines is 1. The Hall–Kier alpha value is -1.99. The Balaban J connectivity index is 2.05. The second-order valence-corrected chi connectivity index (χ2v) is 6.46. The highest BCUT2D eigenvalue weighted by atomic mass is 35.5. The number of carboxylic acid groups (broad SMARTS) is 1. The summed E-state index contributed by atoms with van der Waals surface area (Å²) in [5.74, 6) is -0.620. The highest BCUT2D eigenvalue weighted by Crippen LogP contribution is 2.29. The van der Waals surface area contributed by atoms with Gasteiger partial charge in [0.1, 0.15) is 5.75 Å². The molecule has 0 radical (unpaired) electrons. The zero-order valence-electron chi connectivity index (χ0n) is 13.7. The van der Waals surface area contributed by atoms with Gasteiger partial charge in [-0.15, -0.1) is 0 Å². The lowest BCUT2D eigenvalue weighted by atomic mass is 9.93. The number of likely N-dealkylation sites (tertiary alicyclic amines) is 1. The lowest BCUT2D eigenvalue weighted by Crippen LogP contribution is -2.51. The minimum Gasteiger partial charge on any atom is -0.496 e. The van der Waals surface area contributed by atoms with Crippen LogP contribution in [0.2, 0.25) is 5.02 Å². The number of hydrogen-bond acceptors (Lipinski definition) is 5. The summed E-state index contributed by atoms with van der Waals surface area (Å²) >= 11 is 6.00. The summed E-state index contributed by atoms with van der Waals surface area (Å²) in [6.45, 7) is 3.26. The maximum atomic E-state index is 12.6. The first-order valence-corrected chi connectivity index (χ1v) is 8.07. The number of aliphatic carboxylic acids is 1. The molecule has 24 heavy (non-hydrogen) atoms. The second-order valence-electron chi connectivity index (χ2n) is 6.05. The van der Waals surface area contributed by atoms with Crippen LogP contribution in [0, 0.1) is 5.92 Å². The summed E-state index contributed by atoms with van der Waals surface area (Å²) < 4.78 is 5.21. The third-order valence-corrected chi connectivity index (χ3v) is 4.56. The van der Waals surface area contributed by atoms with Crippen molar-refractivity contribution in [3.63, 3.8) is 0 Å². The molecular formula is C16H22ClN3O4. The quantitative estimate of drug-likeness (QED) is 0.690. The van der Waals surface area contributed by atoms with E-state index in [9.17, 15) is 9.59 Å². The average molecular weight is 356 g/mol. The number of nitrogen functional groups attached to an aromatic ring is 1. The van der Waals surface area contributed by atoms with Crippen LogP contribution in [-0.2, 0) is 4.79 Å². The third-order valence-electron chi connectivity index (χ3n) is 4.23. The largest absolute Gasteiger partial charge is 0.496 e. The van der Waals surface area contributed by atoms with Gasteiger partial charge in [-0.05, 0) is 18.4 Å². The maximum Gasteiger partial charge on any atom is 0.317 e. The molecule has 0 saturated carbocycles. The molecule has 0 unspecified atom stereocenters. The number of carbonyl (C=O) groups excluding carboxylic acids is 1. The van der Waals surface area contributed by atoms with Crippen LogP contribution in [0.1, 0.15) is 23.7 Å². The van der Waals surface area contributed by atoms with Crippen molar-refractivity contribution in [2.75, 3.05) is 32.5 Å². The molecular weight excluding hydrogens is 334 g/mol. The number of nitrogens with zero attached hydrogens (tertiary/aromatic N) is 1. The molecule has 7 nitrogen and oxygen atoms in total. The lowest BCUT2D eigenvalue weighted by Gasteiger charge is -2.36. The van der Waals surface area contributed by atoms with Crippen LogP contribution in [0.5, 0.6) is 5.75 Å². The first-order chi connectivity index (χ1) is 11.3. The summed E-state index contributed by atoms with van der Waals surface area (Å²) in [6, 6.07) is 2.98. The van der Waals surface area contributed by atoms with Crippen LogP contribution in [0.25, 0.3) is 0 Å². The van der Waals surface area contributed by atoms with Crippen LogP contribution in [-0.4, -0.2) is 54.7 Å². The van der Waals surface area contributed by atoms with Gasteiger partial charge in [0.2, 0.25) is 0 Å². The van der Waals surface area contributed by atoms with E-state index in [0.29, 0.717) is 41.5 Å². The molecule has 1 amide bonds. The summed E-state index contributed by atoms with van der Waals surface area (Å²) in [6.07, 6.45) is 0.686. The SMILES string of the molecule is COc1cc(N)c(Cl)cc1C(=O)N[C@@H]1CCN(CC(=O)O)C[C@H]1C. The van der Waals surface area contributed by atoms with Crippen molar-refractivity contribution in [1.29, 1.82) is 0 Å². The Morgan fingerprint density at radius 1 is 1.50 bits per heavy atom. The van der Waals surface area contributed by atoms with Crippen LogP contribution in [0.3, 0.4) is 0 Å². The van der Waals surface area contributed by atoms with E-state index in [4.69, 9.17) is 27.2 Å². The topological polar surface area (TPSA) is 105 Å². The Kier molecular flexibility index (Phi) is 5.90. The summed E-state index contributed by atoms with van der Waals surface area (Å²) in [4.78, 5) is 25.2. The molecule has 0 aliphatic carbocycles. The number of halogens is 1. The predicted octanol–water partition coefficient (Wildman–Crippen LogP) is 1.46. The molecule has 1 fully saturated rings. The molecule has 1 aliphatic rings. The molecule has 0 bridgehead atoms. The van der Waals surface area contributed by atoms with E-state index in [0.717, 1.165) is 0 Å². The molecule has 2 rings (SSSR count). The molecule has 8 heteroatoms. The molecule has 4 N–H and O–H groups in total. The van der Waals surface area contributed by atoms with Gasteiger partial charge < -0.3 is 20.9 Å². The van der Waals surface area contributed by atoms with Gasteiger partial charge in [0.05, 0.1) is 29.9 Å². The van der Waals surface area contributed by atoms with Crippen LogP contribution >= 0.6 is 11.6 Å². The minimum atomic E-state index is -0.842. The molecule has 1 aromatic rings. The molecule has 0 aromatic heterocycles. The van der Waals surface area contributed by atoms with Gasteiger partial charge in [-0.3, -0.25) is 14.5 Å². The summed E-state index contributed by atoms with van der Waals surface area (Å²) in [5.41, 5.74) is 6.41. The lowest BCUT2D eigenvalue weighted by molar-refractivity contribution is -0.138. The van der Waals surface area contributed by atoms with Crippen molar-refractivity contribution in [3.05, 3.63) is 22.7 Å². The van der Waals surface area contributed by atoms with Gasteiger partial charge in [-0.25, -0.2) is 0 Å². The van der Waals surface area contributed by atoms with Gasteiger partial charge >= 0.3 is 5.97 Å². The van der Waals surface area contributed by atoms with Crippen LogP contribution < -0.4 is 15.8 Å². The van der Waals surface area contributed by atoms with Gasteiger partial charge in [0.25, 0.3) is 5.91 Å². The number of carbonyl (C=O) groups is 2. The van der Waals surface area contributed by atoms with Crippen molar-refractivity contribution in [1.82, 2.24) is 10.2 Å². The Morgan fingerprint density at radius 2 is 2.21 bits per heavy atom. The molecule has 1 heterocycles. The van der Waals surface area contributed by atoms with Crippen molar-refractivity contribution >= 4 is 29.2 Å². The van der Waals surface area contributed by atoms with Crippen LogP contribution in [0.15, 0.2) is 12.1 Å². The number of piperidine rings is 1. The van der Waals surface area contributed by atoms with Gasteiger partial charge in [0.15, 0.2) is 0 Å². The number of benzene rings is 1. The maximum absolute atomic E-state index is 12.6. The highest BCUT2D eigenvalue weighted by molar-refractivity contribution is 6.33. The first kappa shape index (κ1) is 18.4. The third kappa shape index (κ3) is 4.30. The highest BCUT2D eigenvalue weighted by Gasteiger charge is 2.29. The van der Waals surface area contributed by atoms with E-state index in [-0.39, 0.29) is 24.4 Å². The molecule has 0 spiro atoms. The monoisotopic (exact) mass is 355 g/mol. The Labute approximate surface area is 145 Å². The Morgan fingerprint density at radius 3 is 2.79 bits per heavy atom. The summed E-state index contributed by atoms with van der Waals surface area (Å²) in [7, 11) is 1.46. The predicted molar refractivity (Wildman–Crippen MR) is 91.5 cm³/mol. The van der Waals surface area contributed by atoms with Crippen LogP contribution in [0.4, 0.5) is 5.69 Å². The number of methoxy groups -OCH3 is 1. The molecule has 1 aromatic carbocycles. The number of amides is 1. The van der Waals surface area contributed by atoms with Gasteiger partial charge in [-0.1, -0.05) is 18.5 Å². The van der Waals surface area contributed by atoms with Crippen molar-refractivity contribution in [2.24, 2.45) is 5.92 Å². The van der Waals surface area contributed by atoms with E-state index >= 15 is 0 Å². The fourth-order valence-electron chi connectivity index (χ4n) is 2.94. The number of nitrogens with one attached hydrogen (secondary N) is 1. The van der Waals surface area contributed by atoms with Crippen molar-refractivity contribution < 1.29 is 19.4 Å². The molecule has 1 saturated heterocycles. The van der Waals surface area contributed by atoms with Crippen molar-refractivity contribution in [3.8, 4) is 5.75 Å². The Bertz CT molecular complexity index is 638.